The standard InChI is InChI=1S/C32H36ClN7O3/c33-25-7-5-24(6-8-25)32(42)12-16-38(17-13-32)28-2-1-14-40-29(28)35-31(36-40)34-26-9-3-23(4-10-26)30(41)39-15-11-27(22-39)37-18-20-43-21-19-37/h1-10,14,27,42H,11-13,15-22H2,(H,34,36). The summed E-state index contributed by atoms with van der Waals surface area (Å²) in [6.07, 6.45) is 4.09. The minimum atomic E-state index is -0.876. The van der Waals surface area contributed by atoms with E-state index in [1.54, 1.807) is 4.52 Å². The van der Waals surface area contributed by atoms with Crippen LogP contribution in [0.5, 0.6) is 0 Å². The molecule has 0 radical (unpaired) electrons. The molecule has 3 saturated heterocycles. The Kier molecular flexibility index (Phi) is 7.69. The summed E-state index contributed by atoms with van der Waals surface area (Å²) in [5.41, 5.74) is 3.24. The number of fused-ring (bicyclic) bond motifs is 1. The predicted molar refractivity (Wildman–Crippen MR) is 166 cm³/mol. The van der Waals surface area contributed by atoms with Crippen LogP contribution in [0, 0.1) is 0 Å². The highest BCUT2D eigenvalue weighted by atomic mass is 35.5. The Morgan fingerprint density at radius 3 is 2.47 bits per heavy atom. The Bertz CT molecular complexity index is 1580. The third-order valence-electron chi connectivity index (χ3n) is 9.06. The van der Waals surface area contributed by atoms with Crippen LogP contribution in [0.2, 0.25) is 5.02 Å². The molecule has 3 aliphatic rings. The van der Waals surface area contributed by atoms with Crippen molar-refractivity contribution in [3.05, 3.63) is 83.0 Å². The Hall–Kier alpha value is -3.70. The molecule has 0 spiro atoms. The Balaban J connectivity index is 0.996. The van der Waals surface area contributed by atoms with Crippen molar-refractivity contribution in [2.24, 2.45) is 0 Å². The van der Waals surface area contributed by atoms with Gasteiger partial charge in [-0.05, 0) is 73.4 Å². The van der Waals surface area contributed by atoms with Gasteiger partial charge in [0.05, 0.1) is 24.5 Å². The molecule has 4 aromatic rings. The van der Waals surface area contributed by atoms with Gasteiger partial charge in [0, 0.05) is 67.8 Å². The van der Waals surface area contributed by atoms with Crippen LogP contribution in [0.4, 0.5) is 17.3 Å². The van der Waals surface area contributed by atoms with Gasteiger partial charge in [-0.15, -0.1) is 5.10 Å². The Morgan fingerprint density at radius 1 is 0.977 bits per heavy atom. The molecule has 11 heteroatoms. The summed E-state index contributed by atoms with van der Waals surface area (Å²) in [7, 11) is 0. The number of hydrogen-bond donors (Lipinski definition) is 2. The van der Waals surface area contributed by atoms with Crippen molar-refractivity contribution in [2.75, 3.05) is 62.7 Å². The summed E-state index contributed by atoms with van der Waals surface area (Å²) in [4.78, 5) is 24.6. The normalized spacial score (nSPS) is 20.9. The predicted octanol–water partition coefficient (Wildman–Crippen LogP) is 4.16. The average molecular weight is 602 g/mol. The molecule has 1 amide bonds. The zero-order valence-corrected chi connectivity index (χ0v) is 24.8. The second-order valence-electron chi connectivity index (χ2n) is 11.7. The van der Waals surface area contributed by atoms with Crippen molar-refractivity contribution in [3.63, 3.8) is 0 Å². The lowest BCUT2D eigenvalue weighted by atomic mass is 9.84. The maximum Gasteiger partial charge on any atom is 0.253 e. The fourth-order valence-corrected chi connectivity index (χ4v) is 6.66. The van der Waals surface area contributed by atoms with Crippen LogP contribution in [0.1, 0.15) is 35.2 Å². The summed E-state index contributed by atoms with van der Waals surface area (Å²) in [5, 5.41) is 19.9. The van der Waals surface area contributed by atoms with E-state index in [9.17, 15) is 9.90 Å². The maximum absolute atomic E-state index is 13.2. The summed E-state index contributed by atoms with van der Waals surface area (Å²) in [6.45, 7) is 6.36. The first-order valence-electron chi connectivity index (χ1n) is 15.0. The minimum Gasteiger partial charge on any atom is -0.385 e. The lowest BCUT2D eigenvalue weighted by Gasteiger charge is -2.39. The van der Waals surface area contributed by atoms with E-state index in [1.807, 2.05) is 71.8 Å². The van der Waals surface area contributed by atoms with Crippen molar-refractivity contribution in [1.82, 2.24) is 24.4 Å². The Labute approximate surface area is 255 Å². The van der Waals surface area contributed by atoms with E-state index < -0.39 is 5.60 Å². The van der Waals surface area contributed by atoms with Gasteiger partial charge in [-0.3, -0.25) is 9.69 Å². The molecule has 10 nitrogen and oxygen atoms in total. The fraction of sp³-hybridized carbons (Fsp3) is 0.406. The molecule has 3 fully saturated rings. The number of hydrogen-bond acceptors (Lipinski definition) is 8. The van der Waals surface area contributed by atoms with Crippen LogP contribution < -0.4 is 10.2 Å². The number of aromatic nitrogens is 3. The van der Waals surface area contributed by atoms with Gasteiger partial charge >= 0.3 is 0 Å². The largest absolute Gasteiger partial charge is 0.385 e. The third-order valence-corrected chi connectivity index (χ3v) is 9.31. The molecular weight excluding hydrogens is 566 g/mol. The summed E-state index contributed by atoms with van der Waals surface area (Å²) in [6, 6.07) is 19.4. The van der Waals surface area contributed by atoms with Crippen molar-refractivity contribution in [2.45, 2.75) is 30.9 Å². The first-order valence-corrected chi connectivity index (χ1v) is 15.4. The van der Waals surface area contributed by atoms with Gasteiger partial charge in [0.1, 0.15) is 0 Å². The zero-order chi connectivity index (χ0) is 29.4. The number of likely N-dealkylation sites (tertiary alicyclic amines) is 1. The number of piperidine rings is 1. The van der Waals surface area contributed by atoms with Gasteiger partial charge in [-0.1, -0.05) is 23.7 Å². The number of morpholine rings is 1. The third kappa shape index (κ3) is 5.80. The number of pyridine rings is 1. The minimum absolute atomic E-state index is 0.0716. The van der Waals surface area contributed by atoms with E-state index in [2.05, 4.69) is 20.2 Å². The van der Waals surface area contributed by atoms with Gasteiger partial charge in [0.15, 0.2) is 5.65 Å². The van der Waals surface area contributed by atoms with Crippen LogP contribution in [0.3, 0.4) is 0 Å². The molecule has 2 N–H and O–H groups in total. The van der Waals surface area contributed by atoms with E-state index >= 15 is 0 Å². The second-order valence-corrected chi connectivity index (χ2v) is 12.1. The highest BCUT2D eigenvalue weighted by Gasteiger charge is 2.35. The molecule has 43 heavy (non-hydrogen) atoms. The second kappa shape index (κ2) is 11.8. The molecule has 1 unspecified atom stereocenters. The van der Waals surface area contributed by atoms with Gasteiger partial charge in [0.25, 0.3) is 5.91 Å². The van der Waals surface area contributed by atoms with Gasteiger partial charge in [-0.2, -0.15) is 4.98 Å². The molecule has 224 valence electrons. The van der Waals surface area contributed by atoms with Gasteiger partial charge < -0.3 is 25.0 Å². The molecule has 2 aromatic heterocycles. The van der Waals surface area contributed by atoms with E-state index in [4.69, 9.17) is 21.3 Å². The molecule has 5 heterocycles. The lowest BCUT2D eigenvalue weighted by molar-refractivity contribution is 0.0118. The number of benzene rings is 2. The van der Waals surface area contributed by atoms with Crippen LogP contribution in [-0.2, 0) is 10.3 Å². The van der Waals surface area contributed by atoms with Crippen LogP contribution in [0.25, 0.3) is 5.65 Å². The summed E-state index contributed by atoms with van der Waals surface area (Å²) in [5.74, 6) is 0.552. The van der Waals surface area contributed by atoms with E-state index in [1.165, 1.54) is 0 Å². The highest BCUT2D eigenvalue weighted by Crippen LogP contribution is 2.36. The Morgan fingerprint density at radius 2 is 1.72 bits per heavy atom. The summed E-state index contributed by atoms with van der Waals surface area (Å²) < 4.78 is 7.25. The van der Waals surface area contributed by atoms with Crippen LogP contribution in [-0.4, -0.2) is 93.9 Å². The van der Waals surface area contributed by atoms with Gasteiger partial charge in [0.2, 0.25) is 5.95 Å². The number of nitrogens with one attached hydrogen (secondary N) is 1. The molecule has 0 aliphatic carbocycles. The van der Waals surface area contributed by atoms with Gasteiger partial charge in [-0.25, -0.2) is 4.52 Å². The van der Waals surface area contributed by atoms with Crippen molar-refractivity contribution < 1.29 is 14.6 Å². The van der Waals surface area contributed by atoms with E-state index in [0.29, 0.717) is 48.5 Å². The molecule has 3 aliphatic heterocycles. The quantitative estimate of drug-likeness (QED) is 0.340. The molecule has 0 saturated carbocycles. The molecule has 7 rings (SSSR count). The number of rotatable bonds is 6. The maximum atomic E-state index is 13.2. The fourth-order valence-electron chi connectivity index (χ4n) is 6.53. The number of ether oxygens (including phenoxy) is 1. The first-order chi connectivity index (χ1) is 20.9. The highest BCUT2D eigenvalue weighted by molar-refractivity contribution is 6.30. The molecular formula is C32H36ClN7O3. The lowest BCUT2D eigenvalue weighted by Crippen LogP contribution is -2.45. The zero-order valence-electron chi connectivity index (χ0n) is 24.0. The number of halogens is 1. The van der Waals surface area contributed by atoms with E-state index in [0.717, 1.165) is 68.4 Å². The van der Waals surface area contributed by atoms with Crippen molar-refractivity contribution >= 4 is 40.5 Å². The average Bonchev–Trinajstić information content (AvgIpc) is 3.70. The number of nitrogens with zero attached hydrogens (tertiary/aromatic N) is 6. The number of amides is 1. The monoisotopic (exact) mass is 601 g/mol. The molecule has 1 atom stereocenters. The van der Waals surface area contributed by atoms with Crippen molar-refractivity contribution in [1.29, 1.82) is 0 Å². The number of anilines is 3. The smallest absolute Gasteiger partial charge is 0.253 e. The SMILES string of the molecule is O=C(c1ccc(Nc2nc3c(N4CCC(O)(c5ccc(Cl)cc5)CC4)cccn3n2)cc1)N1CCC(N2CCOCC2)C1. The molecule has 2 aromatic carbocycles. The number of carbonyl (C=O) groups excluding carboxylic acids is 1. The first kappa shape index (κ1) is 28.1. The van der Waals surface area contributed by atoms with E-state index in [-0.39, 0.29) is 5.91 Å². The van der Waals surface area contributed by atoms with Crippen molar-refractivity contribution in [3.8, 4) is 0 Å². The number of aliphatic hydroxyl groups is 1. The molecule has 0 bridgehead atoms. The van der Waals surface area contributed by atoms with Crippen LogP contribution >= 0.6 is 11.6 Å². The topological polar surface area (TPSA) is 98.5 Å². The van der Waals surface area contributed by atoms with Crippen LogP contribution in [0.15, 0.2) is 66.9 Å². The summed E-state index contributed by atoms with van der Waals surface area (Å²) >= 11 is 6.05. The number of carbonyl (C=O) groups is 1.